The summed E-state index contributed by atoms with van der Waals surface area (Å²) in [6, 6.07) is 1.99. The Morgan fingerprint density at radius 2 is 2.12 bits per heavy atom. The second-order valence-electron chi connectivity index (χ2n) is 6.48. The molecule has 1 amide bonds. The minimum absolute atomic E-state index is 0.0461. The second kappa shape index (κ2) is 10.5. The van der Waals surface area contributed by atoms with E-state index in [0.717, 1.165) is 43.6 Å². The summed E-state index contributed by atoms with van der Waals surface area (Å²) in [6.07, 6.45) is 8.00. The van der Waals surface area contributed by atoms with E-state index in [-0.39, 0.29) is 17.7 Å². The third-order valence-electron chi connectivity index (χ3n) is 4.36. The molecule has 1 aromatic heterocycles. The van der Waals surface area contributed by atoms with Crippen LogP contribution in [0.4, 0.5) is 0 Å². The number of hydrogen-bond donors (Lipinski definition) is 1. The van der Waals surface area contributed by atoms with Crippen LogP contribution in [0.2, 0.25) is 0 Å². The predicted molar refractivity (Wildman–Crippen MR) is 97.4 cm³/mol. The lowest BCUT2D eigenvalue weighted by atomic mass is 10.1. The standard InChI is InChI=1S/C18H28N2O4S/c1-2-3-6-9-14-12-15(19-24-14)18-20(16(21)13-25-18)11-8-5-4-7-10-17(22)23/h12,18H,2-11,13H2,1H3,(H,22,23). The molecular weight excluding hydrogens is 340 g/mol. The lowest BCUT2D eigenvalue weighted by Gasteiger charge is -2.22. The molecule has 0 bridgehead atoms. The van der Waals surface area contributed by atoms with Crippen LogP contribution in [0.5, 0.6) is 0 Å². The summed E-state index contributed by atoms with van der Waals surface area (Å²) in [5.74, 6) is 0.793. The highest BCUT2D eigenvalue weighted by Gasteiger charge is 2.34. The summed E-state index contributed by atoms with van der Waals surface area (Å²) < 4.78 is 5.43. The molecule has 2 rings (SSSR count). The largest absolute Gasteiger partial charge is 0.481 e. The van der Waals surface area contributed by atoms with Gasteiger partial charge in [0, 0.05) is 25.5 Å². The number of aromatic nitrogens is 1. The van der Waals surface area contributed by atoms with Gasteiger partial charge in [-0.2, -0.15) is 0 Å². The van der Waals surface area contributed by atoms with Crippen molar-refractivity contribution in [1.82, 2.24) is 10.1 Å². The molecule has 6 nitrogen and oxygen atoms in total. The number of nitrogens with zero attached hydrogens (tertiary/aromatic N) is 2. The van der Waals surface area contributed by atoms with E-state index in [1.165, 1.54) is 12.8 Å². The first-order valence-corrected chi connectivity index (χ1v) is 10.2. The number of aliphatic carboxylic acids is 1. The molecule has 1 aromatic rings. The summed E-state index contributed by atoms with van der Waals surface area (Å²) in [6.45, 7) is 2.87. The Morgan fingerprint density at radius 3 is 2.88 bits per heavy atom. The molecule has 1 N–H and O–H groups in total. The van der Waals surface area contributed by atoms with E-state index < -0.39 is 5.97 Å². The van der Waals surface area contributed by atoms with Crippen molar-refractivity contribution in [3.8, 4) is 0 Å². The molecule has 1 saturated heterocycles. The summed E-state index contributed by atoms with van der Waals surface area (Å²) >= 11 is 1.60. The van der Waals surface area contributed by atoms with Crippen LogP contribution in [0.15, 0.2) is 10.6 Å². The van der Waals surface area contributed by atoms with Gasteiger partial charge < -0.3 is 14.5 Å². The smallest absolute Gasteiger partial charge is 0.303 e. The molecule has 2 heterocycles. The molecule has 1 unspecified atom stereocenters. The van der Waals surface area contributed by atoms with Gasteiger partial charge in [0.15, 0.2) is 0 Å². The molecule has 25 heavy (non-hydrogen) atoms. The minimum Gasteiger partial charge on any atom is -0.481 e. The highest BCUT2D eigenvalue weighted by atomic mass is 32.2. The number of thioether (sulfide) groups is 1. The summed E-state index contributed by atoms with van der Waals surface area (Å²) in [5, 5.41) is 12.8. The molecule has 7 heteroatoms. The van der Waals surface area contributed by atoms with Crippen molar-refractivity contribution in [2.45, 2.75) is 70.1 Å². The van der Waals surface area contributed by atoms with Crippen LogP contribution in [0.1, 0.15) is 75.1 Å². The van der Waals surface area contributed by atoms with Gasteiger partial charge in [-0.15, -0.1) is 11.8 Å². The molecule has 1 aliphatic heterocycles. The Kier molecular flexibility index (Phi) is 8.31. The maximum absolute atomic E-state index is 12.2. The Balaban J connectivity index is 1.79. The van der Waals surface area contributed by atoms with Gasteiger partial charge in [-0.1, -0.05) is 37.8 Å². The highest BCUT2D eigenvalue weighted by molar-refractivity contribution is 8.00. The SMILES string of the molecule is CCCCCc1cc(C2SCC(=O)N2CCCCCCC(=O)O)no1. The fourth-order valence-corrected chi connectivity index (χ4v) is 4.12. The van der Waals surface area contributed by atoms with E-state index in [1.54, 1.807) is 11.8 Å². The van der Waals surface area contributed by atoms with Crippen molar-refractivity contribution in [3.63, 3.8) is 0 Å². The first-order chi connectivity index (χ1) is 12.1. The van der Waals surface area contributed by atoms with Crippen LogP contribution in [0, 0.1) is 0 Å². The monoisotopic (exact) mass is 368 g/mol. The number of aryl methyl sites for hydroxylation is 1. The number of carbonyl (C=O) groups excluding carboxylic acids is 1. The topological polar surface area (TPSA) is 83.6 Å². The van der Waals surface area contributed by atoms with Crippen LogP contribution >= 0.6 is 11.8 Å². The average molecular weight is 368 g/mol. The van der Waals surface area contributed by atoms with E-state index in [0.29, 0.717) is 18.7 Å². The van der Waals surface area contributed by atoms with Gasteiger partial charge in [0.1, 0.15) is 16.8 Å². The number of amides is 1. The fourth-order valence-electron chi connectivity index (χ4n) is 2.97. The van der Waals surface area contributed by atoms with Crippen molar-refractivity contribution < 1.29 is 19.2 Å². The third kappa shape index (κ3) is 6.38. The zero-order valence-corrected chi connectivity index (χ0v) is 15.7. The minimum atomic E-state index is -0.744. The third-order valence-corrected chi connectivity index (χ3v) is 5.59. The fraction of sp³-hybridized carbons (Fsp3) is 0.722. The van der Waals surface area contributed by atoms with E-state index in [2.05, 4.69) is 12.1 Å². The maximum Gasteiger partial charge on any atom is 0.303 e. The quantitative estimate of drug-likeness (QED) is 0.561. The van der Waals surface area contributed by atoms with Crippen molar-refractivity contribution in [1.29, 1.82) is 0 Å². The van der Waals surface area contributed by atoms with Gasteiger partial charge in [0.2, 0.25) is 5.91 Å². The number of rotatable bonds is 12. The van der Waals surface area contributed by atoms with Gasteiger partial charge in [0.25, 0.3) is 0 Å². The van der Waals surface area contributed by atoms with Crippen LogP contribution in [0.25, 0.3) is 0 Å². The molecule has 1 aliphatic rings. The summed E-state index contributed by atoms with van der Waals surface area (Å²) in [4.78, 5) is 24.5. The lowest BCUT2D eigenvalue weighted by molar-refractivity contribution is -0.137. The van der Waals surface area contributed by atoms with Crippen LogP contribution in [0.3, 0.4) is 0 Å². The zero-order valence-electron chi connectivity index (χ0n) is 14.9. The Hall–Kier alpha value is -1.50. The molecule has 0 spiro atoms. The number of hydrogen-bond acceptors (Lipinski definition) is 5. The summed E-state index contributed by atoms with van der Waals surface area (Å²) in [5.41, 5.74) is 0.841. The number of carbonyl (C=O) groups is 2. The normalized spacial score (nSPS) is 17.4. The van der Waals surface area contributed by atoms with Gasteiger partial charge in [-0.3, -0.25) is 9.59 Å². The predicted octanol–water partition coefficient (Wildman–Crippen LogP) is 4.02. The van der Waals surface area contributed by atoms with Gasteiger partial charge in [-0.25, -0.2) is 0 Å². The van der Waals surface area contributed by atoms with Gasteiger partial charge >= 0.3 is 5.97 Å². The molecule has 0 aliphatic carbocycles. The van der Waals surface area contributed by atoms with Crippen LogP contribution in [-0.4, -0.2) is 39.3 Å². The van der Waals surface area contributed by atoms with Crippen molar-refractivity contribution >= 4 is 23.6 Å². The highest BCUT2D eigenvalue weighted by Crippen LogP contribution is 2.38. The molecule has 140 valence electrons. The molecule has 0 aromatic carbocycles. The molecule has 1 fully saturated rings. The van der Waals surface area contributed by atoms with Crippen LogP contribution < -0.4 is 0 Å². The first kappa shape index (κ1) is 19.8. The molecule has 1 atom stereocenters. The zero-order chi connectivity index (χ0) is 18.1. The first-order valence-electron chi connectivity index (χ1n) is 9.20. The Labute approximate surface area is 153 Å². The molecule has 0 radical (unpaired) electrons. The van der Waals surface area contributed by atoms with Gasteiger partial charge in [-0.05, 0) is 19.3 Å². The van der Waals surface area contributed by atoms with E-state index >= 15 is 0 Å². The second-order valence-corrected chi connectivity index (χ2v) is 7.55. The molecule has 0 saturated carbocycles. The van der Waals surface area contributed by atoms with Crippen molar-refractivity contribution in [2.75, 3.05) is 12.3 Å². The van der Waals surface area contributed by atoms with Crippen LogP contribution in [-0.2, 0) is 16.0 Å². The number of carboxylic acid groups (broad SMARTS) is 1. The number of unbranched alkanes of at least 4 members (excludes halogenated alkanes) is 5. The van der Waals surface area contributed by atoms with Gasteiger partial charge in [0.05, 0.1) is 5.75 Å². The van der Waals surface area contributed by atoms with E-state index in [9.17, 15) is 9.59 Å². The molecular formula is C18H28N2O4S. The van der Waals surface area contributed by atoms with Crippen molar-refractivity contribution in [2.24, 2.45) is 0 Å². The average Bonchev–Trinajstić information content (AvgIpc) is 3.18. The van der Waals surface area contributed by atoms with E-state index in [4.69, 9.17) is 9.63 Å². The van der Waals surface area contributed by atoms with Crippen molar-refractivity contribution in [3.05, 3.63) is 17.5 Å². The Morgan fingerprint density at radius 1 is 1.32 bits per heavy atom. The number of carboxylic acids is 1. The lowest BCUT2D eigenvalue weighted by Crippen LogP contribution is -2.29. The maximum atomic E-state index is 12.2. The Bertz CT molecular complexity index is 561. The summed E-state index contributed by atoms with van der Waals surface area (Å²) in [7, 11) is 0. The van der Waals surface area contributed by atoms with E-state index in [1.807, 2.05) is 11.0 Å².